The number of hydrogen-bond donors (Lipinski definition) is 1. The molecule has 0 saturated heterocycles. The molecule has 3 aromatic rings. The zero-order chi connectivity index (χ0) is 22.1. The van der Waals surface area contributed by atoms with Crippen LogP contribution in [-0.4, -0.2) is 46.0 Å². The van der Waals surface area contributed by atoms with Gasteiger partial charge in [0, 0.05) is 50.1 Å². The Morgan fingerprint density at radius 3 is 2.58 bits per heavy atom. The van der Waals surface area contributed by atoms with Crippen molar-refractivity contribution in [3.05, 3.63) is 59.4 Å². The quantitative estimate of drug-likeness (QED) is 0.472. The first-order valence-corrected chi connectivity index (χ1v) is 10.1. The molecule has 0 aliphatic rings. The minimum atomic E-state index is -0.269. The molecule has 9 heteroatoms. The Morgan fingerprint density at radius 2 is 1.90 bits per heavy atom. The molecule has 0 fully saturated rings. The van der Waals surface area contributed by atoms with Gasteiger partial charge in [0.15, 0.2) is 5.75 Å². The van der Waals surface area contributed by atoms with Crippen LogP contribution in [0.5, 0.6) is 11.5 Å². The van der Waals surface area contributed by atoms with E-state index >= 15 is 0 Å². The summed E-state index contributed by atoms with van der Waals surface area (Å²) in [6.07, 6.45) is 7.03. The summed E-state index contributed by atoms with van der Waals surface area (Å²) in [4.78, 5) is 28.4. The molecule has 3 rings (SSSR count). The van der Waals surface area contributed by atoms with Crippen LogP contribution >= 0.6 is 0 Å². The second-order valence-corrected chi connectivity index (χ2v) is 6.96. The van der Waals surface area contributed by atoms with Crippen LogP contribution in [0.1, 0.15) is 19.3 Å². The molecule has 31 heavy (non-hydrogen) atoms. The molecular weight excluding hydrogens is 398 g/mol. The molecule has 2 aromatic heterocycles. The van der Waals surface area contributed by atoms with Gasteiger partial charge in [0.2, 0.25) is 5.91 Å². The smallest absolute Gasteiger partial charge is 0.270 e. The van der Waals surface area contributed by atoms with Gasteiger partial charge in [0.05, 0.1) is 20.5 Å². The molecule has 1 aromatic carbocycles. The van der Waals surface area contributed by atoms with Gasteiger partial charge in [0.25, 0.3) is 5.56 Å². The fourth-order valence-electron chi connectivity index (χ4n) is 3.13. The first kappa shape index (κ1) is 22.1. The summed E-state index contributed by atoms with van der Waals surface area (Å²) in [5, 5.41) is 7.37. The lowest BCUT2D eigenvalue weighted by Gasteiger charge is -2.12. The summed E-state index contributed by atoms with van der Waals surface area (Å²) in [6, 6.07) is 8.78. The zero-order valence-corrected chi connectivity index (χ0v) is 17.8. The minimum absolute atomic E-state index is 0.0393. The number of nitrogens with zero attached hydrogens (tertiary/aromatic N) is 4. The average Bonchev–Trinajstić information content (AvgIpc) is 3.31. The van der Waals surface area contributed by atoms with E-state index in [2.05, 4.69) is 15.4 Å². The summed E-state index contributed by atoms with van der Waals surface area (Å²) in [6.45, 7) is 1.74. The Morgan fingerprint density at radius 1 is 1.10 bits per heavy atom. The predicted molar refractivity (Wildman–Crippen MR) is 116 cm³/mol. The highest BCUT2D eigenvalue weighted by molar-refractivity contribution is 5.75. The number of carbonyl (C=O) groups excluding carboxylic acids is 1. The molecule has 0 spiro atoms. The fourth-order valence-corrected chi connectivity index (χ4v) is 3.13. The van der Waals surface area contributed by atoms with Crippen LogP contribution in [0.3, 0.4) is 0 Å². The van der Waals surface area contributed by atoms with E-state index in [0.29, 0.717) is 37.4 Å². The summed E-state index contributed by atoms with van der Waals surface area (Å²) >= 11 is 0. The second-order valence-electron chi connectivity index (χ2n) is 6.96. The van der Waals surface area contributed by atoms with Gasteiger partial charge in [-0.15, -0.1) is 0 Å². The van der Waals surface area contributed by atoms with Gasteiger partial charge >= 0.3 is 0 Å². The maximum atomic E-state index is 12.4. The van der Waals surface area contributed by atoms with Gasteiger partial charge in [-0.3, -0.25) is 9.59 Å². The van der Waals surface area contributed by atoms with Gasteiger partial charge in [0.1, 0.15) is 11.4 Å². The molecule has 164 valence electrons. The van der Waals surface area contributed by atoms with Gasteiger partial charge in [-0.2, -0.15) is 5.10 Å². The number of amides is 1. The standard InChI is InChI=1S/C22H27N5O4/c1-30-18-8-6-17(7-9-18)22-19(31-2)15-21(29)27(25-22)13-3-5-20(28)24-10-4-12-26-14-11-23-16-26/h6-9,11,14-16H,3-5,10,12-13H2,1-2H3,(H,24,28). The monoisotopic (exact) mass is 425 g/mol. The summed E-state index contributed by atoms with van der Waals surface area (Å²) in [5.41, 5.74) is 1.10. The van der Waals surface area contributed by atoms with Crippen LogP contribution in [0.25, 0.3) is 11.3 Å². The third-order valence-corrected chi connectivity index (χ3v) is 4.79. The van der Waals surface area contributed by atoms with Gasteiger partial charge in [-0.05, 0) is 37.1 Å². The van der Waals surface area contributed by atoms with E-state index in [0.717, 1.165) is 24.3 Å². The lowest BCUT2D eigenvalue weighted by atomic mass is 10.1. The van der Waals surface area contributed by atoms with E-state index in [1.807, 2.05) is 35.0 Å². The van der Waals surface area contributed by atoms with Crippen molar-refractivity contribution in [1.29, 1.82) is 0 Å². The molecule has 0 bridgehead atoms. The van der Waals surface area contributed by atoms with Gasteiger partial charge in [-0.25, -0.2) is 9.67 Å². The minimum Gasteiger partial charge on any atom is -0.497 e. The third kappa shape index (κ3) is 6.18. The van der Waals surface area contributed by atoms with Crippen LogP contribution < -0.4 is 20.3 Å². The van der Waals surface area contributed by atoms with Crippen molar-refractivity contribution in [3.63, 3.8) is 0 Å². The normalized spacial score (nSPS) is 10.6. The number of benzene rings is 1. The van der Waals surface area contributed by atoms with E-state index in [1.165, 1.54) is 17.9 Å². The highest BCUT2D eigenvalue weighted by Crippen LogP contribution is 2.27. The first-order valence-electron chi connectivity index (χ1n) is 10.1. The lowest BCUT2D eigenvalue weighted by Crippen LogP contribution is -2.27. The molecule has 0 saturated carbocycles. The van der Waals surface area contributed by atoms with Crippen LogP contribution in [0.15, 0.2) is 53.8 Å². The SMILES string of the molecule is COc1ccc(-c2nn(CCCC(=O)NCCCn3ccnc3)c(=O)cc2OC)cc1. The second kappa shape index (κ2) is 11.0. The number of rotatable bonds is 11. The first-order chi connectivity index (χ1) is 15.1. The number of methoxy groups -OCH3 is 2. The number of aromatic nitrogens is 4. The van der Waals surface area contributed by atoms with Gasteiger partial charge in [-0.1, -0.05) is 0 Å². The average molecular weight is 425 g/mol. The van der Waals surface area contributed by atoms with E-state index in [-0.39, 0.29) is 11.5 Å². The zero-order valence-electron chi connectivity index (χ0n) is 17.8. The van der Waals surface area contributed by atoms with Crippen LogP contribution in [-0.2, 0) is 17.9 Å². The fraction of sp³-hybridized carbons (Fsp3) is 0.364. The molecule has 0 radical (unpaired) electrons. The number of imidazole rings is 1. The Balaban J connectivity index is 1.54. The Kier molecular flexibility index (Phi) is 7.80. The molecule has 1 amide bonds. The van der Waals surface area contributed by atoms with Crippen molar-refractivity contribution in [2.45, 2.75) is 32.4 Å². The number of hydrogen-bond acceptors (Lipinski definition) is 6. The molecule has 0 aliphatic carbocycles. The highest BCUT2D eigenvalue weighted by atomic mass is 16.5. The van der Waals surface area contributed by atoms with Crippen molar-refractivity contribution in [1.82, 2.24) is 24.6 Å². The number of aryl methyl sites for hydroxylation is 2. The van der Waals surface area contributed by atoms with E-state index in [9.17, 15) is 9.59 Å². The van der Waals surface area contributed by atoms with Crippen molar-refractivity contribution >= 4 is 5.91 Å². The topological polar surface area (TPSA) is 100 Å². The third-order valence-electron chi connectivity index (χ3n) is 4.79. The molecule has 0 unspecified atom stereocenters. The van der Waals surface area contributed by atoms with Crippen LogP contribution in [0, 0.1) is 0 Å². The maximum absolute atomic E-state index is 12.4. The van der Waals surface area contributed by atoms with Crippen molar-refractivity contribution in [2.24, 2.45) is 0 Å². The van der Waals surface area contributed by atoms with Crippen molar-refractivity contribution < 1.29 is 14.3 Å². The molecular formula is C22H27N5O4. The highest BCUT2D eigenvalue weighted by Gasteiger charge is 2.12. The van der Waals surface area contributed by atoms with E-state index in [1.54, 1.807) is 19.6 Å². The largest absolute Gasteiger partial charge is 0.497 e. The predicted octanol–water partition coefficient (Wildman–Crippen LogP) is 2.11. The number of ether oxygens (including phenoxy) is 2. The molecule has 0 aliphatic heterocycles. The number of nitrogens with one attached hydrogen (secondary N) is 1. The molecule has 1 N–H and O–H groups in total. The number of carbonyl (C=O) groups is 1. The van der Waals surface area contributed by atoms with E-state index in [4.69, 9.17) is 9.47 Å². The van der Waals surface area contributed by atoms with Gasteiger partial charge < -0.3 is 19.4 Å². The maximum Gasteiger partial charge on any atom is 0.270 e. The van der Waals surface area contributed by atoms with Crippen LogP contribution in [0.4, 0.5) is 0 Å². The summed E-state index contributed by atoms with van der Waals surface area (Å²) in [5.74, 6) is 1.09. The molecule has 9 nitrogen and oxygen atoms in total. The van der Waals surface area contributed by atoms with Crippen molar-refractivity contribution in [2.75, 3.05) is 20.8 Å². The molecule has 2 heterocycles. The lowest BCUT2D eigenvalue weighted by molar-refractivity contribution is -0.121. The Bertz CT molecular complexity index is 1030. The van der Waals surface area contributed by atoms with E-state index < -0.39 is 0 Å². The summed E-state index contributed by atoms with van der Waals surface area (Å²) in [7, 11) is 3.11. The Labute approximate surface area is 180 Å². The molecule has 0 atom stereocenters. The van der Waals surface area contributed by atoms with Crippen LogP contribution in [0.2, 0.25) is 0 Å². The van der Waals surface area contributed by atoms with Crippen molar-refractivity contribution in [3.8, 4) is 22.8 Å². The Hall–Kier alpha value is -3.62. The summed E-state index contributed by atoms with van der Waals surface area (Å²) < 4.78 is 13.9.